The molecule has 0 amide bonds. The van der Waals surface area contributed by atoms with Gasteiger partial charge in [-0.3, -0.25) is 0 Å². The number of nitrogens with one attached hydrogen (secondary N) is 2. The van der Waals surface area contributed by atoms with Gasteiger partial charge < -0.3 is 10.7 Å². The third kappa shape index (κ3) is 3.32. The molecule has 1 aliphatic carbocycles. The molecule has 1 unspecified atom stereocenters. The first-order chi connectivity index (χ1) is 8.60. The predicted octanol–water partition coefficient (Wildman–Crippen LogP) is 2.34. The van der Waals surface area contributed by atoms with Crippen LogP contribution in [0.4, 0.5) is 11.6 Å². The predicted molar refractivity (Wildman–Crippen MR) is 74.3 cm³/mol. The molecule has 1 saturated carbocycles. The summed E-state index contributed by atoms with van der Waals surface area (Å²) >= 11 is 0. The zero-order valence-corrected chi connectivity index (χ0v) is 11.4. The Balaban J connectivity index is 2.03. The Bertz CT molecular complexity index is 400. The Labute approximate surface area is 109 Å². The molecule has 2 rings (SSSR count). The minimum absolute atomic E-state index is 0.291. The van der Waals surface area contributed by atoms with Gasteiger partial charge in [0.25, 0.3) is 0 Å². The number of anilines is 2. The van der Waals surface area contributed by atoms with Crippen molar-refractivity contribution in [3.63, 3.8) is 0 Å². The Kier molecular flexibility index (Phi) is 4.01. The van der Waals surface area contributed by atoms with Crippen LogP contribution in [0, 0.1) is 11.8 Å². The maximum Gasteiger partial charge on any atom is 0.145 e. The van der Waals surface area contributed by atoms with Crippen LogP contribution in [0.1, 0.15) is 45.4 Å². The smallest absolute Gasteiger partial charge is 0.145 e. The summed E-state index contributed by atoms with van der Waals surface area (Å²) in [5.41, 5.74) is 2.59. The van der Waals surface area contributed by atoms with Crippen molar-refractivity contribution >= 4 is 11.6 Å². The fourth-order valence-corrected chi connectivity index (χ4v) is 1.99. The average Bonchev–Trinajstić information content (AvgIpc) is 3.19. The van der Waals surface area contributed by atoms with Gasteiger partial charge in [-0.15, -0.1) is 0 Å². The van der Waals surface area contributed by atoms with Crippen LogP contribution < -0.4 is 16.6 Å². The van der Waals surface area contributed by atoms with Crippen LogP contribution in [0.15, 0.2) is 6.07 Å². The lowest BCUT2D eigenvalue weighted by atomic mass is 10.1. The van der Waals surface area contributed by atoms with Gasteiger partial charge in [0, 0.05) is 18.5 Å². The summed E-state index contributed by atoms with van der Waals surface area (Å²) in [6.07, 6.45) is 2.75. The fraction of sp³-hybridized carbons (Fsp3) is 0.692. The van der Waals surface area contributed by atoms with Crippen molar-refractivity contribution < 1.29 is 0 Å². The lowest BCUT2D eigenvalue weighted by Crippen LogP contribution is -2.16. The van der Waals surface area contributed by atoms with E-state index in [0.29, 0.717) is 17.7 Å². The molecule has 18 heavy (non-hydrogen) atoms. The maximum absolute atomic E-state index is 5.43. The van der Waals surface area contributed by atoms with Crippen molar-refractivity contribution in [2.24, 2.45) is 17.7 Å². The number of hydrazine groups is 1. The van der Waals surface area contributed by atoms with E-state index < -0.39 is 0 Å². The average molecular weight is 249 g/mol. The number of nitrogens with two attached hydrogens (primary N) is 1. The van der Waals surface area contributed by atoms with Crippen LogP contribution in [0.3, 0.4) is 0 Å². The fourth-order valence-electron chi connectivity index (χ4n) is 1.99. The zero-order chi connectivity index (χ0) is 13.1. The summed E-state index contributed by atoms with van der Waals surface area (Å²) < 4.78 is 0. The molecule has 0 radical (unpaired) electrons. The van der Waals surface area contributed by atoms with Crippen LogP contribution in [-0.4, -0.2) is 16.5 Å². The molecule has 0 aromatic carbocycles. The van der Waals surface area contributed by atoms with Crippen LogP contribution in [0.5, 0.6) is 0 Å². The molecule has 1 heterocycles. The molecular weight excluding hydrogens is 226 g/mol. The Morgan fingerprint density at radius 1 is 1.28 bits per heavy atom. The quantitative estimate of drug-likeness (QED) is 0.533. The van der Waals surface area contributed by atoms with E-state index in [2.05, 4.69) is 41.5 Å². The molecule has 1 aromatic rings. The van der Waals surface area contributed by atoms with E-state index in [0.717, 1.165) is 24.1 Å². The molecule has 0 spiro atoms. The van der Waals surface area contributed by atoms with Gasteiger partial charge in [0.1, 0.15) is 17.5 Å². The minimum atomic E-state index is 0.291. The first kappa shape index (κ1) is 13.1. The van der Waals surface area contributed by atoms with Gasteiger partial charge in [-0.25, -0.2) is 15.8 Å². The number of aromatic nitrogens is 2. The standard InChI is InChI=1S/C13H23N5/c1-8(2)13-16-11(6-12(17-13)18-14)15-7-9(3)10-4-5-10/h6,8-10H,4-5,7,14H2,1-3H3,(H2,15,16,17,18). The number of nitrogen functional groups attached to an aromatic ring is 1. The largest absolute Gasteiger partial charge is 0.370 e. The highest BCUT2D eigenvalue weighted by Crippen LogP contribution is 2.36. The maximum atomic E-state index is 5.43. The lowest BCUT2D eigenvalue weighted by Gasteiger charge is -2.14. The second-order valence-corrected chi connectivity index (χ2v) is 5.49. The van der Waals surface area contributed by atoms with Crippen LogP contribution in [0.2, 0.25) is 0 Å². The van der Waals surface area contributed by atoms with Crippen LogP contribution in [-0.2, 0) is 0 Å². The molecule has 5 heteroatoms. The summed E-state index contributed by atoms with van der Waals surface area (Å²) in [7, 11) is 0. The highest BCUT2D eigenvalue weighted by atomic mass is 15.3. The Hall–Kier alpha value is -1.36. The van der Waals surface area contributed by atoms with Crippen molar-refractivity contribution in [1.82, 2.24) is 9.97 Å². The molecular formula is C13H23N5. The molecule has 0 saturated heterocycles. The van der Waals surface area contributed by atoms with Gasteiger partial charge in [-0.2, -0.15) is 0 Å². The highest BCUT2D eigenvalue weighted by molar-refractivity contribution is 5.47. The monoisotopic (exact) mass is 249 g/mol. The third-order valence-corrected chi connectivity index (χ3v) is 3.44. The second-order valence-electron chi connectivity index (χ2n) is 5.49. The highest BCUT2D eigenvalue weighted by Gasteiger charge is 2.27. The molecule has 1 aliphatic rings. The van der Waals surface area contributed by atoms with E-state index in [9.17, 15) is 0 Å². The van der Waals surface area contributed by atoms with Gasteiger partial charge in [-0.1, -0.05) is 20.8 Å². The van der Waals surface area contributed by atoms with Gasteiger partial charge in [0.05, 0.1) is 0 Å². The number of hydrogen-bond acceptors (Lipinski definition) is 5. The summed E-state index contributed by atoms with van der Waals surface area (Å²) in [5, 5.41) is 3.39. The number of nitrogens with zero attached hydrogens (tertiary/aromatic N) is 2. The van der Waals surface area contributed by atoms with E-state index in [1.807, 2.05) is 6.07 Å². The molecule has 4 N–H and O–H groups in total. The Morgan fingerprint density at radius 2 is 1.94 bits per heavy atom. The summed E-state index contributed by atoms with van der Waals surface area (Å²) in [4.78, 5) is 8.85. The minimum Gasteiger partial charge on any atom is -0.370 e. The summed E-state index contributed by atoms with van der Waals surface area (Å²) in [6, 6.07) is 1.85. The second kappa shape index (κ2) is 5.52. The van der Waals surface area contributed by atoms with Crippen molar-refractivity contribution in [3.8, 4) is 0 Å². The van der Waals surface area contributed by atoms with Crippen molar-refractivity contribution in [2.75, 3.05) is 17.3 Å². The third-order valence-electron chi connectivity index (χ3n) is 3.44. The lowest BCUT2D eigenvalue weighted by molar-refractivity contribution is 0.535. The van der Waals surface area contributed by atoms with Crippen molar-refractivity contribution in [2.45, 2.75) is 39.5 Å². The van der Waals surface area contributed by atoms with E-state index in [1.54, 1.807) is 0 Å². The number of rotatable bonds is 6. The topological polar surface area (TPSA) is 75.9 Å². The van der Waals surface area contributed by atoms with Gasteiger partial charge in [0.15, 0.2) is 0 Å². The molecule has 1 atom stereocenters. The van der Waals surface area contributed by atoms with Crippen LogP contribution >= 0.6 is 0 Å². The van der Waals surface area contributed by atoms with E-state index >= 15 is 0 Å². The summed E-state index contributed by atoms with van der Waals surface area (Å²) in [5.74, 6) is 9.66. The molecule has 5 nitrogen and oxygen atoms in total. The SMILES string of the molecule is CC(C)c1nc(NN)cc(NCC(C)C2CC2)n1. The van der Waals surface area contributed by atoms with E-state index in [4.69, 9.17) is 5.84 Å². The molecule has 100 valence electrons. The van der Waals surface area contributed by atoms with Crippen molar-refractivity contribution in [3.05, 3.63) is 11.9 Å². The molecule has 1 fully saturated rings. The normalized spacial score (nSPS) is 16.7. The Morgan fingerprint density at radius 3 is 2.50 bits per heavy atom. The summed E-state index contributed by atoms with van der Waals surface area (Å²) in [6.45, 7) is 7.40. The zero-order valence-electron chi connectivity index (χ0n) is 11.4. The van der Waals surface area contributed by atoms with E-state index in [-0.39, 0.29) is 0 Å². The molecule has 0 bridgehead atoms. The van der Waals surface area contributed by atoms with E-state index in [1.165, 1.54) is 12.8 Å². The van der Waals surface area contributed by atoms with Gasteiger partial charge in [0.2, 0.25) is 0 Å². The van der Waals surface area contributed by atoms with Gasteiger partial charge >= 0.3 is 0 Å². The van der Waals surface area contributed by atoms with Crippen molar-refractivity contribution in [1.29, 1.82) is 0 Å². The molecule has 1 aromatic heterocycles. The van der Waals surface area contributed by atoms with Gasteiger partial charge in [-0.05, 0) is 24.7 Å². The first-order valence-electron chi connectivity index (χ1n) is 6.69. The molecule has 0 aliphatic heterocycles. The first-order valence-corrected chi connectivity index (χ1v) is 6.69. The van der Waals surface area contributed by atoms with Crippen LogP contribution in [0.25, 0.3) is 0 Å². The number of hydrogen-bond donors (Lipinski definition) is 3.